The third-order valence-corrected chi connectivity index (χ3v) is 2.63. The van der Waals surface area contributed by atoms with Gasteiger partial charge < -0.3 is 35.3 Å². The van der Waals surface area contributed by atoms with Gasteiger partial charge in [-0.05, 0) is 0 Å². The van der Waals surface area contributed by atoms with Crippen LogP contribution in [-0.4, -0.2) is 71.9 Å². The summed E-state index contributed by atoms with van der Waals surface area (Å²) in [5.74, 6) is 0. The molecular weight excluding hydrogens is 247 g/mol. The van der Waals surface area contributed by atoms with Crippen molar-refractivity contribution in [2.45, 2.75) is 24.4 Å². The second kappa shape index (κ2) is 5.80. The summed E-state index contributed by atoms with van der Waals surface area (Å²) in [4.78, 5) is 27.6. The molecule has 0 heterocycles. The fraction of sp³-hybridized carbons (Fsp3) is 0.833. The van der Waals surface area contributed by atoms with Gasteiger partial charge in [0.1, 0.15) is 18.3 Å². The summed E-state index contributed by atoms with van der Waals surface area (Å²) in [5, 5.41) is 44.4. The van der Waals surface area contributed by atoms with Gasteiger partial charge in [-0.3, -0.25) is 9.36 Å². The molecule has 16 heavy (non-hydrogen) atoms. The van der Waals surface area contributed by atoms with Gasteiger partial charge in [0.2, 0.25) is 0 Å². The van der Waals surface area contributed by atoms with Gasteiger partial charge in [0.25, 0.3) is 5.52 Å². The fourth-order valence-electron chi connectivity index (χ4n) is 0.841. The Morgan fingerprint density at radius 3 is 1.81 bits per heavy atom. The van der Waals surface area contributed by atoms with Gasteiger partial charge >= 0.3 is 7.60 Å². The van der Waals surface area contributed by atoms with Crippen LogP contribution in [0.4, 0.5) is 0 Å². The summed E-state index contributed by atoms with van der Waals surface area (Å²) < 4.78 is 10.4. The molecule has 10 heteroatoms. The van der Waals surface area contributed by atoms with Crippen LogP contribution < -0.4 is 0 Å². The lowest BCUT2D eigenvalue weighted by atomic mass is 10.0. The van der Waals surface area contributed by atoms with Crippen molar-refractivity contribution < 1.29 is 44.7 Å². The first-order chi connectivity index (χ1) is 7.12. The summed E-state index contributed by atoms with van der Waals surface area (Å²) in [7, 11) is -5.25. The van der Waals surface area contributed by atoms with E-state index in [2.05, 4.69) is 0 Å². The van der Waals surface area contributed by atoms with Crippen LogP contribution in [0.15, 0.2) is 0 Å². The van der Waals surface area contributed by atoms with E-state index < -0.39 is 44.1 Å². The molecule has 0 spiro atoms. The Bertz CT molecular complexity index is 286. The lowest BCUT2D eigenvalue weighted by molar-refractivity contribution is -0.141. The van der Waals surface area contributed by atoms with Crippen LogP contribution in [0.25, 0.3) is 0 Å². The average molecular weight is 260 g/mol. The minimum Gasteiger partial charge on any atom is -0.394 e. The van der Waals surface area contributed by atoms with Crippen LogP contribution >= 0.6 is 7.60 Å². The smallest absolute Gasteiger partial charge is 0.394 e. The molecule has 0 aliphatic heterocycles. The number of aliphatic hydroxyl groups excluding tert-OH is 5. The highest BCUT2D eigenvalue weighted by Gasteiger charge is 2.41. The van der Waals surface area contributed by atoms with E-state index in [0.29, 0.717) is 0 Å². The lowest BCUT2D eigenvalue weighted by Gasteiger charge is -2.24. The Balaban J connectivity index is 4.68. The van der Waals surface area contributed by atoms with Crippen molar-refractivity contribution in [2.75, 3.05) is 6.61 Å². The van der Waals surface area contributed by atoms with Crippen LogP contribution in [-0.2, 0) is 9.36 Å². The summed E-state index contributed by atoms with van der Waals surface area (Å²) in [6.07, 6.45) is -8.84. The van der Waals surface area contributed by atoms with Crippen LogP contribution in [0.1, 0.15) is 0 Å². The first kappa shape index (κ1) is 15.6. The molecule has 0 fully saturated rings. The highest BCUT2D eigenvalue weighted by Crippen LogP contribution is 2.37. The molecule has 0 aliphatic carbocycles. The molecule has 7 N–H and O–H groups in total. The SMILES string of the molecule is O=C([C@H](O)[C@@H](O)[C@H](O)[C@H](O)CO)P(=O)(O)O. The van der Waals surface area contributed by atoms with Gasteiger partial charge in [-0.25, -0.2) is 0 Å². The molecule has 0 amide bonds. The molecule has 0 bridgehead atoms. The molecule has 96 valence electrons. The van der Waals surface area contributed by atoms with E-state index in [-0.39, 0.29) is 0 Å². The monoisotopic (exact) mass is 260 g/mol. The zero-order chi connectivity index (χ0) is 13.1. The first-order valence-corrected chi connectivity index (χ1v) is 5.67. The third-order valence-electron chi connectivity index (χ3n) is 1.79. The van der Waals surface area contributed by atoms with Crippen LogP contribution in [0, 0.1) is 0 Å². The van der Waals surface area contributed by atoms with Crippen LogP contribution in [0.3, 0.4) is 0 Å². The normalized spacial score (nSPS) is 19.9. The molecule has 4 atom stereocenters. The summed E-state index contributed by atoms with van der Waals surface area (Å²) >= 11 is 0. The van der Waals surface area contributed by atoms with E-state index in [4.69, 9.17) is 35.3 Å². The second-order valence-corrected chi connectivity index (χ2v) is 4.59. The number of carbonyl (C=O) groups is 1. The molecule has 9 nitrogen and oxygen atoms in total. The Morgan fingerprint density at radius 2 is 1.50 bits per heavy atom. The number of rotatable bonds is 6. The average Bonchev–Trinajstić information content (AvgIpc) is 2.22. The van der Waals surface area contributed by atoms with Gasteiger partial charge in [0, 0.05) is 0 Å². The van der Waals surface area contributed by atoms with E-state index in [0.717, 1.165) is 0 Å². The molecular formula is C6H13O9P. The van der Waals surface area contributed by atoms with Gasteiger partial charge in [-0.1, -0.05) is 0 Å². The summed E-state index contributed by atoms with van der Waals surface area (Å²) in [6, 6.07) is 0. The highest BCUT2D eigenvalue weighted by molar-refractivity contribution is 7.70. The van der Waals surface area contributed by atoms with Gasteiger partial charge in [-0.15, -0.1) is 0 Å². The van der Waals surface area contributed by atoms with Gasteiger partial charge in [-0.2, -0.15) is 0 Å². The maximum absolute atomic E-state index is 10.8. The minimum absolute atomic E-state index is 0.963. The number of hydrogen-bond acceptors (Lipinski definition) is 7. The molecule has 0 saturated heterocycles. The van der Waals surface area contributed by atoms with Crippen molar-refractivity contribution in [1.82, 2.24) is 0 Å². The standard InChI is InChI=1S/C6H13O9P/c7-1-2(8)3(9)4(10)5(11)6(12)16(13,14)15/h2-5,7-11H,1H2,(H2,13,14,15)/t2-,3-,4+,5-/m1/s1. The Morgan fingerprint density at radius 1 is 1.06 bits per heavy atom. The maximum Gasteiger partial charge on any atom is 0.394 e. The predicted molar refractivity (Wildman–Crippen MR) is 48.2 cm³/mol. The molecule has 0 radical (unpaired) electrons. The zero-order valence-electron chi connectivity index (χ0n) is 7.91. The Labute approximate surface area is 89.7 Å². The molecule has 0 aromatic carbocycles. The largest absolute Gasteiger partial charge is 0.394 e. The fourth-order valence-corrected chi connectivity index (χ4v) is 1.34. The number of hydrogen-bond donors (Lipinski definition) is 7. The van der Waals surface area contributed by atoms with Crippen molar-refractivity contribution in [2.24, 2.45) is 0 Å². The Hall–Kier alpha value is -0.380. The molecule has 0 aromatic heterocycles. The van der Waals surface area contributed by atoms with E-state index in [1.165, 1.54) is 0 Å². The van der Waals surface area contributed by atoms with Gasteiger partial charge in [0.15, 0.2) is 6.10 Å². The lowest BCUT2D eigenvalue weighted by Crippen LogP contribution is -2.48. The zero-order valence-corrected chi connectivity index (χ0v) is 8.81. The quantitative estimate of drug-likeness (QED) is 0.235. The maximum atomic E-state index is 10.8. The molecule has 0 unspecified atom stereocenters. The highest BCUT2D eigenvalue weighted by atomic mass is 31.2. The predicted octanol–water partition coefficient (Wildman–Crippen LogP) is -3.87. The van der Waals surface area contributed by atoms with Crippen molar-refractivity contribution in [3.05, 3.63) is 0 Å². The first-order valence-electron chi connectivity index (χ1n) is 4.06. The van der Waals surface area contributed by atoms with Crippen molar-refractivity contribution in [3.63, 3.8) is 0 Å². The number of aliphatic hydroxyl groups is 5. The molecule has 0 aromatic rings. The van der Waals surface area contributed by atoms with E-state index in [1.54, 1.807) is 0 Å². The molecule has 0 rings (SSSR count). The summed E-state index contributed by atoms with van der Waals surface area (Å²) in [5.41, 5.74) is -1.98. The molecule has 0 aliphatic rings. The van der Waals surface area contributed by atoms with Crippen molar-refractivity contribution in [1.29, 1.82) is 0 Å². The summed E-state index contributed by atoms with van der Waals surface area (Å²) in [6.45, 7) is -0.963. The second-order valence-electron chi connectivity index (χ2n) is 3.06. The van der Waals surface area contributed by atoms with E-state index in [1.807, 2.05) is 0 Å². The van der Waals surface area contributed by atoms with Crippen LogP contribution in [0.5, 0.6) is 0 Å². The third kappa shape index (κ3) is 3.89. The Kier molecular flexibility index (Phi) is 5.66. The minimum atomic E-state index is -5.25. The van der Waals surface area contributed by atoms with Crippen molar-refractivity contribution in [3.8, 4) is 0 Å². The molecule has 0 saturated carbocycles. The van der Waals surface area contributed by atoms with E-state index in [9.17, 15) is 9.36 Å². The van der Waals surface area contributed by atoms with Gasteiger partial charge in [0.05, 0.1) is 6.61 Å². The van der Waals surface area contributed by atoms with Crippen molar-refractivity contribution >= 4 is 13.1 Å². The van der Waals surface area contributed by atoms with E-state index >= 15 is 0 Å². The number of carbonyl (C=O) groups excluding carboxylic acids is 1. The topological polar surface area (TPSA) is 176 Å². The van der Waals surface area contributed by atoms with Crippen LogP contribution in [0.2, 0.25) is 0 Å².